The first kappa shape index (κ1) is 19.7. The molecule has 144 valence electrons. The highest BCUT2D eigenvalue weighted by molar-refractivity contribution is 7.22. The number of fused-ring (bicyclic) bond motifs is 1. The Morgan fingerprint density at radius 2 is 2.00 bits per heavy atom. The molecule has 1 aliphatic rings. The number of imide groups is 1. The Hall–Kier alpha value is -2.03. The SMILES string of the molecule is C[NH+](C)CCCN(C(=O)CN1C(=O)CCC1=O)c1nc2c(Cl)cccc2s1. The Balaban J connectivity index is 1.85. The van der Waals surface area contributed by atoms with Crippen LogP contribution in [0.4, 0.5) is 5.13 Å². The molecule has 1 N–H and O–H groups in total. The average Bonchev–Trinajstić information content (AvgIpc) is 3.18. The van der Waals surface area contributed by atoms with E-state index in [9.17, 15) is 14.4 Å². The molecular weight excluding hydrogens is 388 g/mol. The average molecular weight is 410 g/mol. The number of rotatable bonds is 7. The highest BCUT2D eigenvalue weighted by Gasteiger charge is 2.32. The maximum Gasteiger partial charge on any atom is 0.248 e. The van der Waals surface area contributed by atoms with Crippen LogP contribution in [0.2, 0.25) is 5.02 Å². The molecule has 0 unspecified atom stereocenters. The number of nitrogens with one attached hydrogen (secondary N) is 1. The zero-order valence-electron chi connectivity index (χ0n) is 15.3. The van der Waals surface area contributed by atoms with Crippen molar-refractivity contribution in [2.75, 3.05) is 38.6 Å². The lowest BCUT2D eigenvalue weighted by Gasteiger charge is -2.22. The van der Waals surface area contributed by atoms with Gasteiger partial charge in [0.15, 0.2) is 5.13 Å². The smallest absolute Gasteiger partial charge is 0.248 e. The van der Waals surface area contributed by atoms with Crippen molar-refractivity contribution in [1.82, 2.24) is 9.88 Å². The zero-order valence-corrected chi connectivity index (χ0v) is 16.9. The molecule has 27 heavy (non-hydrogen) atoms. The molecule has 0 bridgehead atoms. The van der Waals surface area contributed by atoms with Gasteiger partial charge in [-0.2, -0.15) is 0 Å². The molecule has 1 saturated heterocycles. The number of quaternary nitrogens is 1. The van der Waals surface area contributed by atoms with Gasteiger partial charge in [-0.05, 0) is 12.1 Å². The van der Waals surface area contributed by atoms with Crippen molar-refractivity contribution in [2.24, 2.45) is 0 Å². The number of anilines is 1. The van der Waals surface area contributed by atoms with Crippen LogP contribution in [-0.2, 0) is 14.4 Å². The van der Waals surface area contributed by atoms with Crippen LogP contribution >= 0.6 is 22.9 Å². The standard InChI is InChI=1S/C18H21ClN4O3S/c1-21(2)9-4-10-22(16(26)11-23-14(24)7-8-15(23)25)18-20-17-12(19)5-3-6-13(17)27-18/h3,5-6H,4,7-11H2,1-2H3/p+1. The Bertz CT molecular complexity index is 867. The van der Waals surface area contributed by atoms with E-state index in [0.717, 1.165) is 22.6 Å². The molecule has 0 spiro atoms. The van der Waals surface area contributed by atoms with Crippen molar-refractivity contribution in [3.05, 3.63) is 23.2 Å². The molecule has 1 aromatic carbocycles. The van der Waals surface area contributed by atoms with Gasteiger partial charge < -0.3 is 4.90 Å². The molecule has 0 saturated carbocycles. The van der Waals surface area contributed by atoms with Crippen LogP contribution < -0.4 is 9.80 Å². The summed E-state index contributed by atoms with van der Waals surface area (Å²) in [5.74, 6) is -0.890. The molecule has 9 heteroatoms. The number of amides is 3. The van der Waals surface area contributed by atoms with Gasteiger partial charge in [-0.25, -0.2) is 4.98 Å². The molecular formula is C18H22ClN4O3S+. The first-order valence-electron chi connectivity index (χ1n) is 8.84. The molecule has 2 aromatic rings. The molecule has 7 nitrogen and oxygen atoms in total. The normalized spacial score (nSPS) is 14.6. The molecule has 1 aromatic heterocycles. The summed E-state index contributed by atoms with van der Waals surface area (Å²) in [5, 5.41) is 1.07. The monoisotopic (exact) mass is 409 g/mol. The van der Waals surface area contributed by atoms with E-state index in [1.807, 2.05) is 26.2 Å². The van der Waals surface area contributed by atoms with Crippen molar-refractivity contribution in [3.8, 4) is 0 Å². The highest BCUT2D eigenvalue weighted by atomic mass is 35.5. The lowest BCUT2D eigenvalue weighted by molar-refractivity contribution is -0.858. The number of thiazole rings is 1. The van der Waals surface area contributed by atoms with E-state index in [-0.39, 0.29) is 37.1 Å². The van der Waals surface area contributed by atoms with Gasteiger partial charge >= 0.3 is 0 Å². The summed E-state index contributed by atoms with van der Waals surface area (Å²) in [6.45, 7) is 1.12. The van der Waals surface area contributed by atoms with Gasteiger partial charge in [-0.15, -0.1) is 0 Å². The topological polar surface area (TPSA) is 75.0 Å². The number of nitrogens with zero attached hydrogens (tertiary/aromatic N) is 3. The summed E-state index contributed by atoms with van der Waals surface area (Å²) in [7, 11) is 4.09. The number of likely N-dealkylation sites (tertiary alicyclic amines) is 1. The number of hydrogen-bond acceptors (Lipinski definition) is 5. The van der Waals surface area contributed by atoms with Gasteiger partial charge in [0.05, 0.1) is 30.4 Å². The minimum absolute atomic E-state index is 0.173. The third-order valence-corrected chi connectivity index (χ3v) is 5.75. The van der Waals surface area contributed by atoms with Crippen LogP contribution in [0.3, 0.4) is 0 Å². The number of hydrogen-bond donors (Lipinski definition) is 1. The van der Waals surface area contributed by atoms with Crippen LogP contribution in [0.15, 0.2) is 18.2 Å². The maximum absolute atomic E-state index is 12.9. The minimum Gasteiger partial charge on any atom is -0.340 e. The Labute approximate surface area is 166 Å². The molecule has 0 aliphatic carbocycles. The summed E-state index contributed by atoms with van der Waals surface area (Å²) < 4.78 is 0.891. The van der Waals surface area contributed by atoms with Crippen LogP contribution in [0.25, 0.3) is 10.2 Å². The van der Waals surface area contributed by atoms with Gasteiger partial charge in [0.1, 0.15) is 12.1 Å². The van der Waals surface area contributed by atoms with Crippen LogP contribution in [0.5, 0.6) is 0 Å². The molecule has 1 fully saturated rings. The van der Waals surface area contributed by atoms with E-state index in [1.165, 1.54) is 16.2 Å². The van der Waals surface area contributed by atoms with Crippen LogP contribution in [0, 0.1) is 0 Å². The van der Waals surface area contributed by atoms with Gasteiger partial charge in [-0.1, -0.05) is 29.0 Å². The highest BCUT2D eigenvalue weighted by Crippen LogP contribution is 2.33. The number of carbonyl (C=O) groups is 3. The van der Waals surface area contributed by atoms with Gasteiger partial charge in [-0.3, -0.25) is 24.2 Å². The number of halogens is 1. The number of para-hydroxylation sites is 1. The zero-order chi connectivity index (χ0) is 19.6. The van der Waals surface area contributed by atoms with Crippen molar-refractivity contribution >= 4 is 56.0 Å². The quantitative estimate of drug-likeness (QED) is 0.691. The van der Waals surface area contributed by atoms with Crippen LogP contribution in [-0.4, -0.2) is 61.3 Å². The number of benzene rings is 1. The third-order valence-electron chi connectivity index (χ3n) is 4.40. The summed E-state index contributed by atoms with van der Waals surface area (Å²) in [6, 6.07) is 5.51. The Kier molecular flexibility index (Phi) is 6.08. The van der Waals surface area contributed by atoms with Crippen molar-refractivity contribution in [2.45, 2.75) is 19.3 Å². The number of carbonyl (C=O) groups excluding carboxylic acids is 3. The van der Waals surface area contributed by atoms with Gasteiger partial charge in [0, 0.05) is 25.8 Å². The Morgan fingerprint density at radius 1 is 1.30 bits per heavy atom. The summed E-state index contributed by atoms with van der Waals surface area (Å²) in [4.78, 5) is 45.1. The van der Waals surface area contributed by atoms with Crippen molar-refractivity contribution < 1.29 is 19.3 Å². The predicted molar refractivity (Wildman–Crippen MR) is 105 cm³/mol. The van der Waals surface area contributed by atoms with Gasteiger partial charge in [0.25, 0.3) is 0 Å². The first-order valence-corrected chi connectivity index (χ1v) is 10.0. The fraction of sp³-hybridized carbons (Fsp3) is 0.444. The molecule has 3 rings (SSSR count). The Morgan fingerprint density at radius 3 is 2.63 bits per heavy atom. The van der Waals surface area contributed by atoms with Gasteiger partial charge in [0.2, 0.25) is 17.7 Å². The second kappa shape index (κ2) is 8.33. The fourth-order valence-electron chi connectivity index (χ4n) is 2.96. The van der Waals surface area contributed by atoms with Crippen molar-refractivity contribution in [3.63, 3.8) is 0 Å². The summed E-state index contributed by atoms with van der Waals surface area (Å²) in [5.41, 5.74) is 0.656. The summed E-state index contributed by atoms with van der Waals surface area (Å²) in [6.07, 6.45) is 1.12. The third kappa shape index (κ3) is 4.45. The maximum atomic E-state index is 12.9. The molecule has 0 atom stereocenters. The number of aromatic nitrogens is 1. The van der Waals surface area contributed by atoms with Crippen molar-refractivity contribution in [1.29, 1.82) is 0 Å². The lowest BCUT2D eigenvalue weighted by atomic mass is 10.3. The molecule has 2 heterocycles. The predicted octanol–water partition coefficient (Wildman–Crippen LogP) is 0.966. The van der Waals surface area contributed by atoms with Crippen LogP contribution in [0.1, 0.15) is 19.3 Å². The fourth-order valence-corrected chi connectivity index (χ4v) is 4.26. The minimum atomic E-state index is -0.303. The largest absolute Gasteiger partial charge is 0.340 e. The van der Waals surface area contributed by atoms with E-state index < -0.39 is 0 Å². The van der Waals surface area contributed by atoms with E-state index >= 15 is 0 Å². The van der Waals surface area contributed by atoms with E-state index in [0.29, 0.717) is 22.2 Å². The van der Waals surface area contributed by atoms with E-state index in [1.54, 1.807) is 11.0 Å². The van der Waals surface area contributed by atoms with E-state index in [4.69, 9.17) is 11.6 Å². The molecule has 1 aliphatic heterocycles. The lowest BCUT2D eigenvalue weighted by Crippen LogP contribution is -3.05. The summed E-state index contributed by atoms with van der Waals surface area (Å²) >= 11 is 7.60. The van der Waals surface area contributed by atoms with E-state index in [2.05, 4.69) is 4.98 Å². The molecule has 3 amide bonds. The first-order chi connectivity index (χ1) is 12.9. The second-order valence-electron chi connectivity index (χ2n) is 6.81. The molecule has 0 radical (unpaired) electrons. The second-order valence-corrected chi connectivity index (χ2v) is 8.23.